The van der Waals surface area contributed by atoms with Gasteiger partial charge in [0.2, 0.25) is 0 Å². The van der Waals surface area contributed by atoms with Gasteiger partial charge in [0, 0.05) is 12.2 Å². The topological polar surface area (TPSA) is 60.2 Å². The Morgan fingerprint density at radius 3 is 2.54 bits per heavy atom. The first-order valence-electron chi connectivity index (χ1n) is 9.14. The Kier molecular flexibility index (Phi) is 6.37. The molecule has 0 aliphatic carbocycles. The van der Waals surface area contributed by atoms with Gasteiger partial charge in [-0.2, -0.15) is 0 Å². The number of rotatable bonds is 8. The highest BCUT2D eigenvalue weighted by atomic mass is 19.1. The van der Waals surface area contributed by atoms with Gasteiger partial charge >= 0.3 is 5.97 Å². The summed E-state index contributed by atoms with van der Waals surface area (Å²) in [6.07, 6.45) is 1.75. The smallest absolute Gasteiger partial charge is 0.328 e. The van der Waals surface area contributed by atoms with Gasteiger partial charge in [0.15, 0.2) is 0 Å². The van der Waals surface area contributed by atoms with Crippen LogP contribution in [0.25, 0.3) is 0 Å². The summed E-state index contributed by atoms with van der Waals surface area (Å²) in [5.41, 5.74) is 3.82. The van der Waals surface area contributed by atoms with Crippen LogP contribution in [0.1, 0.15) is 23.7 Å². The SMILES string of the molecule is CCN(Cc1cn(CC(=O)OCc2ccc(F)cc2)nn1)c1ccc(C)cc1. The van der Waals surface area contributed by atoms with Crippen LogP contribution in [0.15, 0.2) is 54.7 Å². The van der Waals surface area contributed by atoms with Crippen LogP contribution >= 0.6 is 0 Å². The molecule has 0 N–H and O–H groups in total. The number of benzene rings is 2. The van der Waals surface area contributed by atoms with Crippen molar-refractivity contribution in [3.05, 3.63) is 77.4 Å². The average molecular weight is 382 g/mol. The average Bonchev–Trinajstić information content (AvgIpc) is 3.13. The molecule has 3 rings (SSSR count). The van der Waals surface area contributed by atoms with E-state index in [1.54, 1.807) is 18.3 Å². The molecule has 1 aromatic heterocycles. The molecule has 0 bridgehead atoms. The number of esters is 1. The highest BCUT2D eigenvalue weighted by Gasteiger charge is 2.11. The van der Waals surface area contributed by atoms with E-state index in [1.807, 2.05) is 0 Å². The van der Waals surface area contributed by atoms with Crippen LogP contribution in [0.5, 0.6) is 0 Å². The summed E-state index contributed by atoms with van der Waals surface area (Å²) >= 11 is 0. The van der Waals surface area contributed by atoms with Crippen molar-refractivity contribution in [2.75, 3.05) is 11.4 Å². The quantitative estimate of drug-likeness (QED) is 0.558. The summed E-state index contributed by atoms with van der Waals surface area (Å²) in [7, 11) is 0. The van der Waals surface area contributed by atoms with E-state index in [4.69, 9.17) is 4.74 Å². The third-order valence-corrected chi connectivity index (χ3v) is 4.32. The molecule has 0 aliphatic heterocycles. The molecule has 0 spiro atoms. The number of aryl methyl sites for hydroxylation is 1. The van der Waals surface area contributed by atoms with E-state index in [2.05, 4.69) is 53.3 Å². The molecule has 28 heavy (non-hydrogen) atoms. The van der Waals surface area contributed by atoms with E-state index in [-0.39, 0.29) is 19.0 Å². The number of carbonyl (C=O) groups excluding carboxylic acids is 1. The minimum atomic E-state index is -0.424. The first kappa shape index (κ1) is 19.5. The molecular formula is C21H23FN4O2. The minimum absolute atomic E-state index is 0.0230. The molecule has 0 saturated heterocycles. The predicted molar refractivity (Wildman–Crippen MR) is 104 cm³/mol. The van der Waals surface area contributed by atoms with Crippen molar-refractivity contribution in [3.63, 3.8) is 0 Å². The van der Waals surface area contributed by atoms with Gasteiger partial charge in [-0.05, 0) is 43.7 Å². The van der Waals surface area contributed by atoms with Gasteiger partial charge in [-0.25, -0.2) is 9.07 Å². The number of halogens is 1. The zero-order chi connectivity index (χ0) is 19.9. The van der Waals surface area contributed by atoms with Crippen LogP contribution in [0.2, 0.25) is 0 Å². The van der Waals surface area contributed by atoms with Crippen molar-refractivity contribution >= 4 is 11.7 Å². The molecule has 0 saturated carbocycles. The fourth-order valence-corrected chi connectivity index (χ4v) is 2.75. The summed E-state index contributed by atoms with van der Waals surface area (Å²) < 4.78 is 19.6. The summed E-state index contributed by atoms with van der Waals surface area (Å²) in [6.45, 7) is 5.64. The Morgan fingerprint density at radius 1 is 1.14 bits per heavy atom. The molecule has 2 aromatic carbocycles. The second-order valence-corrected chi connectivity index (χ2v) is 6.54. The van der Waals surface area contributed by atoms with Crippen molar-refractivity contribution in [2.24, 2.45) is 0 Å². The second kappa shape index (κ2) is 9.12. The lowest BCUT2D eigenvalue weighted by atomic mass is 10.2. The molecule has 0 atom stereocenters. The van der Waals surface area contributed by atoms with Crippen LogP contribution in [0.4, 0.5) is 10.1 Å². The molecular weight excluding hydrogens is 359 g/mol. The standard InChI is InChI=1S/C21H23FN4O2/c1-3-25(20-10-4-16(2)5-11-20)12-19-13-26(24-23-19)14-21(27)28-15-17-6-8-18(22)9-7-17/h4-11,13H,3,12,14-15H2,1-2H3. The Morgan fingerprint density at radius 2 is 1.86 bits per heavy atom. The van der Waals surface area contributed by atoms with Gasteiger partial charge in [-0.1, -0.05) is 35.0 Å². The predicted octanol–water partition coefficient (Wildman–Crippen LogP) is 3.50. The largest absolute Gasteiger partial charge is 0.459 e. The second-order valence-electron chi connectivity index (χ2n) is 6.54. The van der Waals surface area contributed by atoms with Gasteiger partial charge in [0.1, 0.15) is 24.7 Å². The van der Waals surface area contributed by atoms with E-state index in [0.29, 0.717) is 6.54 Å². The van der Waals surface area contributed by atoms with E-state index in [9.17, 15) is 9.18 Å². The number of hydrogen-bond acceptors (Lipinski definition) is 5. The number of carbonyl (C=O) groups is 1. The monoisotopic (exact) mass is 382 g/mol. The molecule has 0 fully saturated rings. The highest BCUT2D eigenvalue weighted by molar-refractivity contribution is 5.69. The third kappa shape index (κ3) is 5.39. The van der Waals surface area contributed by atoms with E-state index in [0.717, 1.165) is 23.5 Å². The van der Waals surface area contributed by atoms with Crippen LogP contribution in [-0.4, -0.2) is 27.5 Å². The third-order valence-electron chi connectivity index (χ3n) is 4.32. The molecule has 0 aliphatic rings. The Bertz CT molecular complexity index is 907. The van der Waals surface area contributed by atoms with Crippen molar-refractivity contribution in [1.29, 1.82) is 0 Å². The number of aromatic nitrogens is 3. The molecule has 3 aromatic rings. The molecule has 1 heterocycles. The number of anilines is 1. The molecule has 0 unspecified atom stereocenters. The lowest BCUT2D eigenvalue weighted by Gasteiger charge is -2.21. The minimum Gasteiger partial charge on any atom is -0.459 e. The van der Waals surface area contributed by atoms with Gasteiger partial charge in [0.25, 0.3) is 0 Å². The Labute approximate surface area is 163 Å². The van der Waals surface area contributed by atoms with E-state index < -0.39 is 5.97 Å². The first-order chi connectivity index (χ1) is 13.5. The normalized spacial score (nSPS) is 10.7. The lowest BCUT2D eigenvalue weighted by Crippen LogP contribution is -2.22. The van der Waals surface area contributed by atoms with Crippen LogP contribution in [0.3, 0.4) is 0 Å². The summed E-state index contributed by atoms with van der Waals surface area (Å²) in [6, 6.07) is 14.1. The fourth-order valence-electron chi connectivity index (χ4n) is 2.75. The van der Waals surface area contributed by atoms with Crippen LogP contribution in [0, 0.1) is 12.7 Å². The van der Waals surface area contributed by atoms with Gasteiger partial charge < -0.3 is 9.64 Å². The molecule has 0 amide bonds. The maximum absolute atomic E-state index is 12.9. The molecule has 0 radical (unpaired) electrons. The molecule has 6 nitrogen and oxygen atoms in total. The number of nitrogens with zero attached hydrogens (tertiary/aromatic N) is 4. The van der Waals surface area contributed by atoms with Crippen LogP contribution < -0.4 is 4.90 Å². The number of ether oxygens (including phenoxy) is 1. The highest BCUT2D eigenvalue weighted by Crippen LogP contribution is 2.17. The van der Waals surface area contributed by atoms with Crippen LogP contribution in [-0.2, 0) is 29.2 Å². The first-order valence-corrected chi connectivity index (χ1v) is 9.14. The van der Waals surface area contributed by atoms with Gasteiger partial charge in [-0.15, -0.1) is 5.10 Å². The summed E-state index contributed by atoms with van der Waals surface area (Å²) in [5, 5.41) is 8.16. The maximum atomic E-state index is 12.9. The zero-order valence-corrected chi connectivity index (χ0v) is 16.0. The lowest BCUT2D eigenvalue weighted by molar-refractivity contribution is -0.145. The van der Waals surface area contributed by atoms with Gasteiger partial charge in [-0.3, -0.25) is 4.79 Å². The maximum Gasteiger partial charge on any atom is 0.328 e. The van der Waals surface area contributed by atoms with Crippen molar-refractivity contribution in [1.82, 2.24) is 15.0 Å². The summed E-state index contributed by atoms with van der Waals surface area (Å²) in [5.74, 6) is -0.747. The fraction of sp³-hybridized carbons (Fsp3) is 0.286. The van der Waals surface area contributed by atoms with E-state index in [1.165, 1.54) is 22.4 Å². The van der Waals surface area contributed by atoms with Gasteiger partial charge in [0.05, 0.1) is 12.7 Å². The van der Waals surface area contributed by atoms with E-state index >= 15 is 0 Å². The Balaban J connectivity index is 1.53. The molecule has 7 heteroatoms. The van der Waals surface area contributed by atoms with Crippen molar-refractivity contribution in [3.8, 4) is 0 Å². The summed E-state index contributed by atoms with van der Waals surface area (Å²) in [4.78, 5) is 14.2. The van der Waals surface area contributed by atoms with Crippen molar-refractivity contribution < 1.29 is 13.9 Å². The number of hydrogen-bond donors (Lipinski definition) is 0. The Hall–Kier alpha value is -3.22. The van der Waals surface area contributed by atoms with Crippen molar-refractivity contribution in [2.45, 2.75) is 33.5 Å². The zero-order valence-electron chi connectivity index (χ0n) is 16.0. The molecule has 146 valence electrons.